The van der Waals surface area contributed by atoms with E-state index in [1.807, 2.05) is 32.6 Å². The van der Waals surface area contributed by atoms with Crippen LogP contribution in [0.4, 0.5) is 19.0 Å². The molecule has 21 heavy (non-hydrogen) atoms. The van der Waals surface area contributed by atoms with Gasteiger partial charge in [0.05, 0.1) is 0 Å². The van der Waals surface area contributed by atoms with Crippen molar-refractivity contribution in [1.82, 2.24) is 10.2 Å². The van der Waals surface area contributed by atoms with Gasteiger partial charge in [-0.2, -0.15) is 13.2 Å². The fraction of sp³-hybridized carbons (Fsp3) is 0.733. The Hall–Kier alpha value is -1.33. The van der Waals surface area contributed by atoms with Crippen molar-refractivity contribution in [1.29, 1.82) is 0 Å². The van der Waals surface area contributed by atoms with Crippen LogP contribution >= 0.6 is 0 Å². The van der Waals surface area contributed by atoms with E-state index in [-0.39, 0.29) is 0 Å². The lowest BCUT2D eigenvalue weighted by Gasteiger charge is -2.16. The standard InChI is InChI=1S/C11H14F3N3.2C2H6/c1-7-5-17(6-8(7)2)10-4-3-9(15-16-10)11(12,13)14;2*1-2/h3-4,7-8H,5-6H2,1-2H3;2*1-2H3. The highest BCUT2D eigenvalue weighted by atomic mass is 19.4. The molecule has 0 aliphatic carbocycles. The molecule has 122 valence electrons. The average Bonchev–Trinajstić information content (AvgIpc) is 2.82. The van der Waals surface area contributed by atoms with Gasteiger partial charge in [0.25, 0.3) is 0 Å². The third-order valence-electron chi connectivity index (χ3n) is 3.25. The molecule has 3 nitrogen and oxygen atoms in total. The van der Waals surface area contributed by atoms with E-state index >= 15 is 0 Å². The van der Waals surface area contributed by atoms with Crippen LogP contribution in [0.2, 0.25) is 0 Å². The zero-order valence-electron chi connectivity index (χ0n) is 13.7. The van der Waals surface area contributed by atoms with Crippen molar-refractivity contribution < 1.29 is 13.2 Å². The molecule has 0 saturated carbocycles. The minimum absolute atomic E-state index is 0.522. The number of hydrogen-bond acceptors (Lipinski definition) is 3. The van der Waals surface area contributed by atoms with Crippen molar-refractivity contribution in [2.45, 2.75) is 47.7 Å². The predicted octanol–water partition coefficient (Wildman–Crippen LogP) is 4.64. The lowest BCUT2D eigenvalue weighted by atomic mass is 10.0. The van der Waals surface area contributed by atoms with Gasteiger partial charge in [-0.3, -0.25) is 0 Å². The maximum absolute atomic E-state index is 12.3. The van der Waals surface area contributed by atoms with Crippen LogP contribution in [0.1, 0.15) is 47.2 Å². The minimum atomic E-state index is -4.42. The molecular weight excluding hydrogens is 279 g/mol. The lowest BCUT2D eigenvalue weighted by Crippen LogP contribution is -2.22. The number of hydrogen-bond donors (Lipinski definition) is 0. The summed E-state index contributed by atoms with van der Waals surface area (Å²) in [6.07, 6.45) is -4.42. The van der Waals surface area contributed by atoms with Gasteiger partial charge in [0, 0.05) is 13.1 Å². The second-order valence-corrected chi connectivity index (χ2v) is 4.63. The largest absolute Gasteiger partial charge is 0.435 e. The second-order valence-electron chi connectivity index (χ2n) is 4.63. The Morgan fingerprint density at radius 2 is 1.43 bits per heavy atom. The highest BCUT2D eigenvalue weighted by Crippen LogP contribution is 2.29. The van der Waals surface area contributed by atoms with E-state index in [0.29, 0.717) is 17.7 Å². The Balaban J connectivity index is 0.000000921. The summed E-state index contributed by atoms with van der Waals surface area (Å²) in [5, 5.41) is 6.88. The van der Waals surface area contributed by atoms with E-state index < -0.39 is 11.9 Å². The van der Waals surface area contributed by atoms with Gasteiger partial charge in [-0.15, -0.1) is 10.2 Å². The monoisotopic (exact) mass is 305 g/mol. The summed E-state index contributed by atoms with van der Waals surface area (Å²) >= 11 is 0. The smallest absolute Gasteiger partial charge is 0.355 e. The van der Waals surface area contributed by atoms with Gasteiger partial charge >= 0.3 is 6.18 Å². The van der Waals surface area contributed by atoms with Crippen molar-refractivity contribution in [3.8, 4) is 0 Å². The van der Waals surface area contributed by atoms with Crippen molar-refractivity contribution >= 4 is 5.82 Å². The van der Waals surface area contributed by atoms with Gasteiger partial charge in [-0.1, -0.05) is 41.5 Å². The number of aromatic nitrogens is 2. The third-order valence-corrected chi connectivity index (χ3v) is 3.25. The minimum Gasteiger partial charge on any atom is -0.355 e. The van der Waals surface area contributed by atoms with Crippen molar-refractivity contribution in [3.63, 3.8) is 0 Å². The molecule has 1 fully saturated rings. The van der Waals surface area contributed by atoms with E-state index in [9.17, 15) is 13.2 Å². The fourth-order valence-electron chi connectivity index (χ4n) is 1.96. The molecule has 0 spiro atoms. The lowest BCUT2D eigenvalue weighted by molar-refractivity contribution is -0.141. The van der Waals surface area contributed by atoms with Gasteiger partial charge < -0.3 is 4.90 Å². The molecule has 0 bridgehead atoms. The first-order valence-corrected chi connectivity index (χ1v) is 7.54. The van der Waals surface area contributed by atoms with Gasteiger partial charge in [0.1, 0.15) is 0 Å². The molecule has 2 unspecified atom stereocenters. The Labute approximate surface area is 125 Å². The van der Waals surface area contributed by atoms with E-state index in [2.05, 4.69) is 24.0 Å². The van der Waals surface area contributed by atoms with Crippen LogP contribution in [0.5, 0.6) is 0 Å². The molecule has 1 aliphatic heterocycles. The summed E-state index contributed by atoms with van der Waals surface area (Å²) in [5.41, 5.74) is -0.943. The Bertz CT molecular complexity index is 380. The molecule has 0 amide bonds. The molecule has 0 N–H and O–H groups in total. The molecule has 0 radical (unpaired) electrons. The normalized spacial score (nSPS) is 21.1. The molecule has 1 aliphatic rings. The Morgan fingerprint density at radius 3 is 1.76 bits per heavy atom. The SMILES string of the molecule is CC.CC.CC1CN(c2ccc(C(F)(F)F)nn2)CC1C. The molecular formula is C15H26F3N3. The molecule has 0 aromatic carbocycles. The first kappa shape index (κ1) is 19.7. The molecule has 2 heterocycles. The molecule has 1 saturated heterocycles. The van der Waals surface area contributed by atoms with Crippen LogP contribution < -0.4 is 4.90 Å². The summed E-state index contributed by atoms with van der Waals surface area (Å²) in [4.78, 5) is 1.97. The van der Waals surface area contributed by atoms with Crippen LogP contribution in [-0.2, 0) is 6.18 Å². The van der Waals surface area contributed by atoms with Gasteiger partial charge in [-0.05, 0) is 24.0 Å². The molecule has 1 aromatic heterocycles. The van der Waals surface area contributed by atoms with Gasteiger partial charge in [-0.25, -0.2) is 0 Å². The third kappa shape index (κ3) is 5.52. The summed E-state index contributed by atoms with van der Waals surface area (Å²) in [7, 11) is 0. The number of rotatable bonds is 1. The first-order valence-electron chi connectivity index (χ1n) is 7.54. The number of alkyl halides is 3. The summed E-state index contributed by atoms with van der Waals surface area (Å²) in [6.45, 7) is 13.9. The van der Waals surface area contributed by atoms with Crippen molar-refractivity contribution in [3.05, 3.63) is 17.8 Å². The number of nitrogens with zero attached hydrogens (tertiary/aromatic N) is 3. The predicted molar refractivity (Wildman–Crippen MR) is 80.3 cm³/mol. The van der Waals surface area contributed by atoms with Crippen LogP contribution in [0, 0.1) is 11.8 Å². The van der Waals surface area contributed by atoms with Crippen molar-refractivity contribution in [2.24, 2.45) is 11.8 Å². The zero-order valence-corrected chi connectivity index (χ0v) is 13.7. The number of halogens is 3. The molecule has 6 heteroatoms. The average molecular weight is 305 g/mol. The second kappa shape index (κ2) is 8.85. The summed E-state index contributed by atoms with van der Waals surface area (Å²) in [5.74, 6) is 1.58. The molecule has 2 atom stereocenters. The van der Waals surface area contributed by atoms with Crippen LogP contribution in [0.25, 0.3) is 0 Å². The topological polar surface area (TPSA) is 29.0 Å². The number of anilines is 1. The highest BCUT2D eigenvalue weighted by molar-refractivity contribution is 5.39. The molecule has 2 rings (SSSR count). The highest BCUT2D eigenvalue weighted by Gasteiger charge is 2.33. The van der Waals surface area contributed by atoms with Gasteiger partial charge in [0.15, 0.2) is 11.5 Å². The van der Waals surface area contributed by atoms with E-state index in [1.165, 1.54) is 6.07 Å². The Kier molecular flexibility index (Phi) is 8.29. The quantitative estimate of drug-likeness (QED) is 0.757. The summed E-state index contributed by atoms with van der Waals surface area (Å²) < 4.78 is 36.9. The first-order chi connectivity index (χ1) is 9.88. The Morgan fingerprint density at radius 1 is 0.952 bits per heavy atom. The van der Waals surface area contributed by atoms with Crippen LogP contribution in [0.3, 0.4) is 0 Å². The maximum Gasteiger partial charge on any atom is 0.435 e. The summed E-state index contributed by atoms with van der Waals surface area (Å²) in [6, 6.07) is 2.37. The van der Waals surface area contributed by atoms with Crippen molar-refractivity contribution in [2.75, 3.05) is 18.0 Å². The van der Waals surface area contributed by atoms with Gasteiger partial charge in [0.2, 0.25) is 0 Å². The van der Waals surface area contributed by atoms with Crippen LogP contribution in [-0.4, -0.2) is 23.3 Å². The fourth-order valence-corrected chi connectivity index (χ4v) is 1.96. The van der Waals surface area contributed by atoms with E-state index in [1.54, 1.807) is 0 Å². The maximum atomic E-state index is 12.3. The molecule has 1 aromatic rings. The zero-order chi connectivity index (χ0) is 16.6. The van der Waals surface area contributed by atoms with Crippen LogP contribution in [0.15, 0.2) is 12.1 Å². The van der Waals surface area contributed by atoms with E-state index in [4.69, 9.17) is 0 Å². The van der Waals surface area contributed by atoms with E-state index in [0.717, 1.165) is 19.2 Å².